The first-order valence-electron chi connectivity index (χ1n) is 11.9. The van der Waals surface area contributed by atoms with Gasteiger partial charge in [0, 0.05) is 42.9 Å². The van der Waals surface area contributed by atoms with E-state index in [0.29, 0.717) is 43.5 Å². The number of benzene rings is 1. The van der Waals surface area contributed by atoms with Crippen molar-refractivity contribution in [1.29, 1.82) is 0 Å². The number of hydrogen-bond acceptors (Lipinski definition) is 7. The van der Waals surface area contributed by atoms with Crippen LogP contribution in [0.5, 0.6) is 11.5 Å². The fourth-order valence-corrected chi connectivity index (χ4v) is 7.04. The quantitative estimate of drug-likeness (QED) is 0.505. The number of furan rings is 1. The van der Waals surface area contributed by atoms with Crippen molar-refractivity contribution in [3.63, 3.8) is 0 Å². The highest BCUT2D eigenvalue weighted by Gasteiger charge is 2.75. The summed E-state index contributed by atoms with van der Waals surface area (Å²) in [6, 6.07) is 3.80. The number of nitrogens with zero attached hydrogens (tertiary/aromatic N) is 2. The van der Waals surface area contributed by atoms with Gasteiger partial charge in [-0.05, 0) is 43.5 Å². The van der Waals surface area contributed by atoms with Crippen LogP contribution in [-0.4, -0.2) is 75.6 Å². The predicted molar refractivity (Wildman–Crippen MR) is 127 cm³/mol. The number of aliphatic hydroxyl groups is 1. The molecule has 1 saturated heterocycles. The molecule has 35 heavy (non-hydrogen) atoms. The number of phenolic OH excluding ortho intramolecular Hbond substituents is 1. The first-order chi connectivity index (χ1) is 16.8. The van der Waals surface area contributed by atoms with Crippen LogP contribution < -0.4 is 4.74 Å². The molecule has 1 aromatic heterocycles. The van der Waals surface area contributed by atoms with Gasteiger partial charge >= 0.3 is 0 Å². The molecule has 2 N–H and O–H groups in total. The van der Waals surface area contributed by atoms with Crippen LogP contribution in [0.1, 0.15) is 40.7 Å². The fourth-order valence-electron chi connectivity index (χ4n) is 7.04. The Balaban J connectivity index is 1.44. The van der Waals surface area contributed by atoms with Gasteiger partial charge in [-0.1, -0.05) is 6.08 Å². The lowest BCUT2D eigenvalue weighted by molar-refractivity contribution is -0.186. The Morgan fingerprint density at radius 1 is 1.34 bits per heavy atom. The number of likely N-dealkylation sites (tertiary alicyclic amines) is 1. The van der Waals surface area contributed by atoms with Gasteiger partial charge in [-0.2, -0.15) is 0 Å². The number of piperidine rings is 1. The highest BCUT2D eigenvalue weighted by Crippen LogP contribution is 2.65. The summed E-state index contributed by atoms with van der Waals surface area (Å²) in [7, 11) is 1.74. The highest BCUT2D eigenvalue weighted by molar-refractivity contribution is 6.06. The molecule has 6 rings (SSSR count). The molecule has 1 saturated carbocycles. The number of Topliss-reactive ketones (excluding diaryl/α,β-unsaturated/α-hetero) is 1. The molecule has 8 heteroatoms. The Hall–Kier alpha value is -3.36. The average Bonchev–Trinajstić information content (AvgIpc) is 3.48. The summed E-state index contributed by atoms with van der Waals surface area (Å²) in [6.45, 7) is 4.89. The first-order valence-corrected chi connectivity index (χ1v) is 11.9. The SMILES string of the molecule is C=CCN1CC[C@]23c4c5ccc(O)c4O[C@H]2[C@@H](N(C)C(=O)/C=C/c2ccoc2)CC[C@@]3(O)[C@H]1C5=O. The highest BCUT2D eigenvalue weighted by atomic mass is 16.5. The molecule has 3 heterocycles. The number of carbonyl (C=O) groups excluding carboxylic acids is 2. The predicted octanol–water partition coefficient (Wildman–Crippen LogP) is 2.51. The van der Waals surface area contributed by atoms with Crippen molar-refractivity contribution in [3.8, 4) is 11.5 Å². The van der Waals surface area contributed by atoms with Crippen LogP contribution in [0.3, 0.4) is 0 Å². The van der Waals surface area contributed by atoms with Gasteiger partial charge < -0.3 is 24.3 Å². The Labute approximate surface area is 203 Å². The zero-order valence-electron chi connectivity index (χ0n) is 19.5. The molecule has 8 nitrogen and oxygen atoms in total. The third-order valence-corrected chi connectivity index (χ3v) is 8.55. The maximum atomic E-state index is 13.7. The summed E-state index contributed by atoms with van der Waals surface area (Å²) in [6.07, 6.45) is 8.77. The van der Waals surface area contributed by atoms with Crippen LogP contribution >= 0.6 is 0 Å². The van der Waals surface area contributed by atoms with E-state index in [0.717, 1.165) is 5.56 Å². The van der Waals surface area contributed by atoms with Gasteiger partial charge in [0.15, 0.2) is 17.3 Å². The smallest absolute Gasteiger partial charge is 0.246 e. The van der Waals surface area contributed by atoms with E-state index in [4.69, 9.17) is 9.15 Å². The first kappa shape index (κ1) is 22.1. The lowest BCUT2D eigenvalue weighted by Crippen LogP contribution is -2.79. The molecule has 2 bridgehead atoms. The maximum absolute atomic E-state index is 13.7. The summed E-state index contributed by atoms with van der Waals surface area (Å²) in [5.74, 6) is -0.149. The van der Waals surface area contributed by atoms with E-state index >= 15 is 0 Å². The van der Waals surface area contributed by atoms with E-state index in [9.17, 15) is 19.8 Å². The molecule has 2 aromatic rings. The second-order valence-corrected chi connectivity index (χ2v) is 10.0. The van der Waals surface area contributed by atoms with Gasteiger partial charge in [-0.3, -0.25) is 14.5 Å². The molecule has 0 unspecified atom stereocenters. The minimum absolute atomic E-state index is 0.0535. The molecule has 5 atom stereocenters. The van der Waals surface area contributed by atoms with E-state index in [2.05, 4.69) is 6.58 Å². The number of likely N-dealkylation sites (N-methyl/N-ethyl adjacent to an activating group) is 1. The van der Waals surface area contributed by atoms with Gasteiger partial charge in [0.25, 0.3) is 0 Å². The molecule has 2 fully saturated rings. The van der Waals surface area contributed by atoms with E-state index in [1.165, 1.54) is 12.1 Å². The average molecular weight is 477 g/mol. The molecular weight excluding hydrogens is 448 g/mol. The second-order valence-electron chi connectivity index (χ2n) is 10.0. The molecule has 2 aliphatic heterocycles. The fraction of sp³-hybridized carbons (Fsp3) is 0.407. The minimum atomic E-state index is -1.38. The minimum Gasteiger partial charge on any atom is -0.504 e. The summed E-state index contributed by atoms with van der Waals surface area (Å²) < 4.78 is 11.5. The number of carbonyl (C=O) groups is 2. The zero-order valence-corrected chi connectivity index (χ0v) is 19.5. The Morgan fingerprint density at radius 3 is 2.91 bits per heavy atom. The van der Waals surface area contributed by atoms with Crippen LogP contribution in [0.4, 0.5) is 0 Å². The topological polar surface area (TPSA) is 103 Å². The van der Waals surface area contributed by atoms with Crippen molar-refractivity contribution in [2.24, 2.45) is 0 Å². The van der Waals surface area contributed by atoms with Crippen LogP contribution in [0.25, 0.3) is 6.08 Å². The number of ketones is 1. The summed E-state index contributed by atoms with van der Waals surface area (Å²) in [5.41, 5.74) is -0.416. The van der Waals surface area contributed by atoms with E-state index < -0.39 is 23.2 Å². The summed E-state index contributed by atoms with van der Waals surface area (Å²) >= 11 is 0. The van der Waals surface area contributed by atoms with Crippen molar-refractivity contribution in [3.05, 3.63) is 66.1 Å². The van der Waals surface area contributed by atoms with Crippen LogP contribution in [0.15, 0.2) is 53.9 Å². The lowest BCUT2D eigenvalue weighted by Gasteiger charge is -2.63. The monoisotopic (exact) mass is 476 g/mol. The number of ether oxygens (including phenoxy) is 1. The number of amides is 1. The van der Waals surface area contributed by atoms with Gasteiger partial charge in [0.05, 0.1) is 24.0 Å². The molecular formula is C27H28N2O6. The standard InChI is InChI=1S/C27H28N2O6/c1-3-12-29-13-11-26-21-17-5-6-19(30)23(21)35-25(26)18(8-10-27(26,33)24(29)22(17)32)28(2)20(31)7-4-16-9-14-34-15-16/h3-7,9,14-15,18,24-25,30,33H,1,8,10-13H2,2H3/b7-4+/t18-,24+,25-,26-,27+/m0/s1. The van der Waals surface area contributed by atoms with Crippen LogP contribution in [0.2, 0.25) is 0 Å². The Morgan fingerprint density at radius 2 is 2.17 bits per heavy atom. The van der Waals surface area contributed by atoms with E-state index in [1.807, 2.05) is 4.90 Å². The van der Waals surface area contributed by atoms with Gasteiger partial charge in [-0.15, -0.1) is 6.58 Å². The maximum Gasteiger partial charge on any atom is 0.246 e. The number of rotatable bonds is 5. The molecule has 1 aromatic carbocycles. The zero-order chi connectivity index (χ0) is 24.5. The third kappa shape index (κ3) is 2.75. The van der Waals surface area contributed by atoms with Crippen molar-refractivity contribution in [2.75, 3.05) is 20.1 Å². The van der Waals surface area contributed by atoms with Crippen molar-refractivity contribution in [1.82, 2.24) is 9.80 Å². The van der Waals surface area contributed by atoms with E-state index in [-0.39, 0.29) is 29.2 Å². The molecule has 1 spiro atoms. The molecule has 0 radical (unpaired) electrons. The van der Waals surface area contributed by atoms with Gasteiger partial charge in [0.1, 0.15) is 17.7 Å². The van der Waals surface area contributed by atoms with Crippen molar-refractivity contribution < 1.29 is 29.0 Å². The Bertz CT molecular complexity index is 1250. The third-order valence-electron chi connectivity index (χ3n) is 8.55. The number of phenols is 1. The van der Waals surface area contributed by atoms with Gasteiger partial charge in [0.2, 0.25) is 5.91 Å². The Kier molecular flexibility index (Phi) is 4.78. The van der Waals surface area contributed by atoms with Crippen molar-refractivity contribution in [2.45, 2.75) is 48.5 Å². The molecule has 182 valence electrons. The van der Waals surface area contributed by atoms with E-state index in [1.54, 1.807) is 48.8 Å². The number of hydrogen-bond donors (Lipinski definition) is 2. The lowest BCUT2D eigenvalue weighted by atomic mass is 9.48. The summed E-state index contributed by atoms with van der Waals surface area (Å²) in [5, 5.41) is 23.0. The molecule has 4 aliphatic rings. The largest absolute Gasteiger partial charge is 0.504 e. The second kappa shape index (κ2) is 7.57. The van der Waals surface area contributed by atoms with Crippen LogP contribution in [0, 0.1) is 0 Å². The van der Waals surface area contributed by atoms with Gasteiger partial charge in [-0.25, -0.2) is 0 Å². The molecule has 1 amide bonds. The number of aromatic hydroxyl groups is 1. The summed E-state index contributed by atoms with van der Waals surface area (Å²) in [4.78, 5) is 30.5. The molecule has 2 aliphatic carbocycles. The normalized spacial score (nSPS) is 32.9. The van der Waals surface area contributed by atoms with Crippen molar-refractivity contribution >= 4 is 17.8 Å². The van der Waals surface area contributed by atoms with Crippen LogP contribution in [-0.2, 0) is 10.2 Å².